The van der Waals surface area contributed by atoms with E-state index in [1.54, 1.807) is 42.5 Å². The molecule has 1 aliphatic heterocycles. The third-order valence-electron chi connectivity index (χ3n) is 4.05. The van der Waals surface area contributed by atoms with Crippen molar-refractivity contribution in [1.82, 2.24) is 5.32 Å². The first kappa shape index (κ1) is 18.7. The zero-order chi connectivity index (χ0) is 20.4. The Morgan fingerprint density at radius 2 is 1.86 bits per heavy atom. The van der Waals surface area contributed by atoms with Gasteiger partial charge in [0.05, 0.1) is 10.5 Å². The van der Waals surface area contributed by atoms with Gasteiger partial charge in [-0.15, -0.1) is 0 Å². The number of amidine groups is 1. The molecule has 8 heteroatoms. The summed E-state index contributed by atoms with van der Waals surface area (Å²) >= 11 is 1.06. The van der Waals surface area contributed by atoms with Crippen LogP contribution in [0.5, 0.6) is 0 Å². The highest BCUT2D eigenvalue weighted by molar-refractivity contribution is 8.18. The topological polar surface area (TPSA) is 91.9 Å². The lowest BCUT2D eigenvalue weighted by Gasteiger charge is -2.02. The number of benzene rings is 2. The van der Waals surface area contributed by atoms with Gasteiger partial charge in [-0.25, -0.2) is 14.2 Å². The summed E-state index contributed by atoms with van der Waals surface area (Å²) in [5, 5.41) is 12.2. The van der Waals surface area contributed by atoms with Crippen molar-refractivity contribution in [3.8, 4) is 11.3 Å². The molecule has 0 atom stereocenters. The van der Waals surface area contributed by atoms with Crippen molar-refractivity contribution in [2.24, 2.45) is 4.99 Å². The zero-order valence-electron chi connectivity index (χ0n) is 14.8. The molecule has 1 aromatic heterocycles. The molecule has 3 aromatic rings. The molecule has 1 saturated heterocycles. The number of thioether (sulfide) groups is 1. The zero-order valence-corrected chi connectivity index (χ0v) is 15.6. The maximum absolute atomic E-state index is 13.7. The Bertz CT molecular complexity index is 1180. The monoisotopic (exact) mass is 408 g/mol. The second-order valence-corrected chi connectivity index (χ2v) is 7.02. The Morgan fingerprint density at radius 3 is 2.66 bits per heavy atom. The van der Waals surface area contributed by atoms with E-state index in [1.165, 1.54) is 24.3 Å². The third-order valence-corrected chi connectivity index (χ3v) is 4.96. The summed E-state index contributed by atoms with van der Waals surface area (Å²) in [6.45, 7) is 0. The number of carbonyl (C=O) groups excluding carboxylic acids is 1. The van der Waals surface area contributed by atoms with Crippen LogP contribution in [0.4, 0.5) is 10.1 Å². The van der Waals surface area contributed by atoms with Crippen molar-refractivity contribution in [3.05, 3.63) is 82.7 Å². The summed E-state index contributed by atoms with van der Waals surface area (Å²) in [6, 6.07) is 15.8. The van der Waals surface area contributed by atoms with E-state index in [9.17, 15) is 19.1 Å². The van der Waals surface area contributed by atoms with Crippen LogP contribution in [0.15, 0.2) is 75.0 Å². The number of halogens is 1. The Labute approximate surface area is 168 Å². The molecule has 0 radical (unpaired) electrons. The van der Waals surface area contributed by atoms with Gasteiger partial charge < -0.3 is 14.8 Å². The highest BCUT2D eigenvalue weighted by atomic mass is 32.2. The average molecular weight is 408 g/mol. The van der Waals surface area contributed by atoms with Crippen LogP contribution in [0.1, 0.15) is 16.1 Å². The van der Waals surface area contributed by atoms with Gasteiger partial charge in [-0.3, -0.25) is 4.79 Å². The number of para-hydroxylation sites is 1. The smallest absolute Gasteiger partial charge is 0.336 e. The van der Waals surface area contributed by atoms with Crippen molar-refractivity contribution < 1.29 is 23.5 Å². The highest BCUT2D eigenvalue weighted by Gasteiger charge is 2.25. The molecule has 2 N–H and O–H groups in total. The number of carboxylic acids is 1. The fraction of sp³-hybridized carbons (Fsp3) is 0. The van der Waals surface area contributed by atoms with Crippen molar-refractivity contribution in [3.63, 3.8) is 0 Å². The van der Waals surface area contributed by atoms with Gasteiger partial charge in [0.25, 0.3) is 5.91 Å². The van der Waals surface area contributed by atoms with E-state index in [0.29, 0.717) is 22.0 Å². The second kappa shape index (κ2) is 7.76. The molecule has 2 aromatic carbocycles. The number of rotatable bonds is 4. The first-order valence-electron chi connectivity index (χ1n) is 8.48. The molecular weight excluding hydrogens is 395 g/mol. The number of carbonyl (C=O) groups is 2. The van der Waals surface area contributed by atoms with E-state index in [2.05, 4.69) is 10.3 Å². The minimum absolute atomic E-state index is 0.119. The van der Waals surface area contributed by atoms with Crippen molar-refractivity contribution in [2.75, 3.05) is 0 Å². The molecule has 2 heterocycles. The SMILES string of the molecule is O=C1NC(=Nc2ccccc2F)S/C1=C\c1ccc(-c2ccccc2C(=O)O)o1. The Hall–Kier alpha value is -3.65. The predicted molar refractivity (Wildman–Crippen MR) is 108 cm³/mol. The number of nitrogens with one attached hydrogen (secondary N) is 1. The molecule has 0 spiro atoms. The molecule has 0 unspecified atom stereocenters. The molecular formula is C21H13FN2O4S. The highest BCUT2D eigenvalue weighted by Crippen LogP contribution is 2.31. The summed E-state index contributed by atoms with van der Waals surface area (Å²) in [5.74, 6) is -1.17. The van der Waals surface area contributed by atoms with E-state index in [4.69, 9.17) is 4.42 Å². The Kier molecular flexibility index (Phi) is 5.01. The molecule has 29 heavy (non-hydrogen) atoms. The molecule has 0 bridgehead atoms. The molecule has 1 fully saturated rings. The summed E-state index contributed by atoms with van der Waals surface area (Å²) < 4.78 is 19.4. The first-order valence-corrected chi connectivity index (χ1v) is 9.29. The number of aromatic carboxylic acids is 1. The van der Waals surface area contributed by atoms with Gasteiger partial charge >= 0.3 is 5.97 Å². The van der Waals surface area contributed by atoms with E-state index in [0.717, 1.165) is 11.8 Å². The van der Waals surface area contributed by atoms with Crippen LogP contribution in [0.25, 0.3) is 17.4 Å². The summed E-state index contributed by atoms with van der Waals surface area (Å²) in [6.07, 6.45) is 1.52. The van der Waals surface area contributed by atoms with Gasteiger partial charge in [0.2, 0.25) is 0 Å². The lowest BCUT2D eigenvalue weighted by Crippen LogP contribution is -2.19. The van der Waals surface area contributed by atoms with Crippen molar-refractivity contribution >= 4 is 40.6 Å². The van der Waals surface area contributed by atoms with Crippen molar-refractivity contribution in [2.45, 2.75) is 0 Å². The molecule has 144 valence electrons. The van der Waals surface area contributed by atoms with Crippen LogP contribution in [0, 0.1) is 5.82 Å². The largest absolute Gasteiger partial charge is 0.478 e. The van der Waals surface area contributed by atoms with Gasteiger partial charge in [0.15, 0.2) is 5.17 Å². The van der Waals surface area contributed by atoms with Crippen LogP contribution in [0.2, 0.25) is 0 Å². The molecule has 1 aliphatic rings. The molecule has 0 saturated carbocycles. The minimum atomic E-state index is -1.06. The maximum atomic E-state index is 13.7. The van der Waals surface area contributed by atoms with Gasteiger partial charge in [0.1, 0.15) is 23.0 Å². The number of aliphatic imine (C=N–C) groups is 1. The van der Waals surface area contributed by atoms with E-state index < -0.39 is 11.8 Å². The number of hydrogen-bond acceptors (Lipinski definition) is 5. The van der Waals surface area contributed by atoms with E-state index in [-0.39, 0.29) is 22.3 Å². The fourth-order valence-corrected chi connectivity index (χ4v) is 3.54. The quantitative estimate of drug-likeness (QED) is 0.612. The Morgan fingerprint density at radius 1 is 1.10 bits per heavy atom. The number of nitrogens with zero attached hydrogens (tertiary/aromatic N) is 1. The number of hydrogen-bond donors (Lipinski definition) is 2. The standard InChI is InChI=1S/C21H13FN2O4S/c22-15-7-3-4-8-16(15)23-21-24-19(25)18(29-21)11-12-9-10-17(28-12)13-5-1-2-6-14(13)20(26)27/h1-11H,(H,26,27)(H,23,24,25)/b18-11-. The molecule has 6 nitrogen and oxygen atoms in total. The lowest BCUT2D eigenvalue weighted by atomic mass is 10.1. The maximum Gasteiger partial charge on any atom is 0.336 e. The van der Waals surface area contributed by atoms with Crippen molar-refractivity contribution in [1.29, 1.82) is 0 Å². The van der Waals surface area contributed by atoms with Crippen LogP contribution in [0.3, 0.4) is 0 Å². The second-order valence-electron chi connectivity index (χ2n) is 5.99. The first-order chi connectivity index (χ1) is 14.0. The summed E-state index contributed by atoms with van der Waals surface area (Å²) in [5.41, 5.74) is 0.686. The Balaban J connectivity index is 1.59. The molecule has 4 rings (SSSR count). The van der Waals surface area contributed by atoms with Gasteiger partial charge in [0, 0.05) is 11.6 Å². The van der Waals surface area contributed by atoms with Gasteiger partial charge in [-0.05, 0) is 42.1 Å². The van der Waals surface area contributed by atoms with Crippen LogP contribution in [-0.2, 0) is 4.79 Å². The van der Waals surface area contributed by atoms with Crippen LogP contribution < -0.4 is 5.32 Å². The number of carboxylic acid groups (broad SMARTS) is 1. The predicted octanol–water partition coefficient (Wildman–Crippen LogP) is 4.68. The molecule has 0 aliphatic carbocycles. The van der Waals surface area contributed by atoms with E-state index >= 15 is 0 Å². The number of furan rings is 1. The van der Waals surface area contributed by atoms with Crippen LogP contribution in [-0.4, -0.2) is 22.2 Å². The van der Waals surface area contributed by atoms with E-state index in [1.807, 2.05) is 0 Å². The lowest BCUT2D eigenvalue weighted by molar-refractivity contribution is -0.115. The van der Waals surface area contributed by atoms with Crippen LogP contribution >= 0.6 is 11.8 Å². The minimum Gasteiger partial charge on any atom is -0.478 e. The molecule has 1 amide bonds. The summed E-state index contributed by atoms with van der Waals surface area (Å²) in [7, 11) is 0. The van der Waals surface area contributed by atoms with Gasteiger partial charge in [-0.1, -0.05) is 30.3 Å². The number of amides is 1. The average Bonchev–Trinajstić information content (AvgIpc) is 3.30. The third kappa shape index (κ3) is 3.97. The normalized spacial score (nSPS) is 16.4. The summed E-state index contributed by atoms with van der Waals surface area (Å²) in [4.78, 5) is 28.0. The van der Waals surface area contributed by atoms with Gasteiger partial charge in [-0.2, -0.15) is 0 Å². The fourth-order valence-electron chi connectivity index (χ4n) is 2.72.